The van der Waals surface area contributed by atoms with Crippen molar-refractivity contribution in [2.24, 2.45) is 0 Å². The molecule has 2 rings (SSSR count). The Labute approximate surface area is 87.7 Å². The van der Waals surface area contributed by atoms with Gasteiger partial charge in [-0.15, -0.1) is 0 Å². The highest BCUT2D eigenvalue weighted by Crippen LogP contribution is 2.39. The summed E-state index contributed by atoms with van der Waals surface area (Å²) in [7, 11) is 0. The molecule has 0 radical (unpaired) electrons. The molecule has 1 heterocycles. The van der Waals surface area contributed by atoms with Gasteiger partial charge in [-0.3, -0.25) is 9.59 Å². The zero-order valence-electron chi connectivity index (χ0n) is 8.76. The number of epoxide rings is 1. The number of ether oxygens (including phenoxy) is 3. The SMILES string of the molecule is CC(=O)O[C@H]1[C@H]2O[C@H]2CC[C@H]1OC(C)=O. The minimum atomic E-state index is -0.426. The molecular weight excluding hydrogens is 200 g/mol. The molecule has 0 bridgehead atoms. The highest BCUT2D eigenvalue weighted by Gasteiger charge is 2.54. The highest BCUT2D eigenvalue weighted by molar-refractivity contribution is 5.67. The summed E-state index contributed by atoms with van der Waals surface area (Å²) >= 11 is 0. The molecule has 0 unspecified atom stereocenters. The van der Waals surface area contributed by atoms with Crippen molar-refractivity contribution in [1.29, 1.82) is 0 Å². The first-order valence-electron chi connectivity index (χ1n) is 5.08. The predicted octanol–water partition coefficient (Wildman–Crippen LogP) is 0.411. The van der Waals surface area contributed by atoms with Gasteiger partial charge in [0.05, 0.1) is 6.10 Å². The van der Waals surface area contributed by atoms with Crippen LogP contribution in [0.25, 0.3) is 0 Å². The first-order chi connectivity index (χ1) is 7.08. The van der Waals surface area contributed by atoms with Crippen molar-refractivity contribution in [3.63, 3.8) is 0 Å². The summed E-state index contributed by atoms with van der Waals surface area (Å²) in [5, 5.41) is 0. The third kappa shape index (κ3) is 2.28. The first-order valence-corrected chi connectivity index (χ1v) is 5.08. The molecule has 0 spiro atoms. The van der Waals surface area contributed by atoms with Crippen molar-refractivity contribution < 1.29 is 23.8 Å². The van der Waals surface area contributed by atoms with Gasteiger partial charge in [0.15, 0.2) is 6.10 Å². The molecule has 1 saturated carbocycles. The minimum Gasteiger partial charge on any atom is -0.458 e. The van der Waals surface area contributed by atoms with Gasteiger partial charge in [0, 0.05) is 13.8 Å². The Balaban J connectivity index is 1.99. The van der Waals surface area contributed by atoms with E-state index in [1.807, 2.05) is 0 Å². The van der Waals surface area contributed by atoms with Crippen LogP contribution in [0.3, 0.4) is 0 Å². The van der Waals surface area contributed by atoms with E-state index in [1.54, 1.807) is 0 Å². The van der Waals surface area contributed by atoms with Crippen LogP contribution in [0.15, 0.2) is 0 Å². The number of hydrogen-bond acceptors (Lipinski definition) is 5. The largest absolute Gasteiger partial charge is 0.458 e. The lowest BCUT2D eigenvalue weighted by Crippen LogP contribution is -2.42. The van der Waals surface area contributed by atoms with E-state index >= 15 is 0 Å². The second-order valence-electron chi connectivity index (χ2n) is 3.94. The first kappa shape index (κ1) is 10.4. The van der Waals surface area contributed by atoms with Crippen LogP contribution in [0.1, 0.15) is 26.7 Å². The molecule has 84 valence electrons. The number of rotatable bonds is 2. The maximum absolute atomic E-state index is 10.9. The van der Waals surface area contributed by atoms with Crippen LogP contribution in [0.5, 0.6) is 0 Å². The lowest BCUT2D eigenvalue weighted by molar-refractivity contribution is -0.168. The van der Waals surface area contributed by atoms with Crippen LogP contribution in [0, 0.1) is 0 Å². The standard InChI is InChI=1S/C10H14O5/c1-5(11)13-7-3-4-8-10(15-8)9(7)14-6(2)12/h7-10H,3-4H2,1-2H3/t7-,8+,9-,10+/m1/s1. The van der Waals surface area contributed by atoms with Gasteiger partial charge in [0.25, 0.3) is 0 Å². The average molecular weight is 214 g/mol. The average Bonchev–Trinajstić information content (AvgIpc) is 2.86. The second kappa shape index (κ2) is 3.81. The lowest BCUT2D eigenvalue weighted by Gasteiger charge is -2.27. The Morgan fingerprint density at radius 2 is 1.80 bits per heavy atom. The molecule has 0 aromatic carbocycles. The van der Waals surface area contributed by atoms with Crippen LogP contribution in [-0.4, -0.2) is 36.4 Å². The van der Waals surface area contributed by atoms with Crippen molar-refractivity contribution >= 4 is 11.9 Å². The molecule has 4 atom stereocenters. The number of esters is 2. The molecule has 2 fully saturated rings. The predicted molar refractivity (Wildman–Crippen MR) is 49.0 cm³/mol. The van der Waals surface area contributed by atoms with E-state index in [9.17, 15) is 9.59 Å². The van der Waals surface area contributed by atoms with Gasteiger partial charge < -0.3 is 14.2 Å². The van der Waals surface area contributed by atoms with Crippen LogP contribution >= 0.6 is 0 Å². The molecule has 1 saturated heterocycles. The van der Waals surface area contributed by atoms with E-state index < -0.39 is 6.10 Å². The number of carbonyl (C=O) groups excluding carboxylic acids is 2. The molecule has 0 amide bonds. The Bertz CT molecular complexity index is 288. The van der Waals surface area contributed by atoms with Gasteiger partial charge in [0.2, 0.25) is 0 Å². The van der Waals surface area contributed by atoms with Crippen molar-refractivity contribution in [2.45, 2.75) is 51.1 Å². The van der Waals surface area contributed by atoms with Gasteiger partial charge >= 0.3 is 11.9 Å². The van der Waals surface area contributed by atoms with Gasteiger partial charge in [0.1, 0.15) is 12.2 Å². The van der Waals surface area contributed by atoms with E-state index in [1.165, 1.54) is 13.8 Å². The highest BCUT2D eigenvalue weighted by atomic mass is 16.6. The molecule has 0 aromatic rings. The van der Waals surface area contributed by atoms with E-state index in [2.05, 4.69) is 0 Å². The van der Waals surface area contributed by atoms with Gasteiger partial charge in [-0.05, 0) is 12.8 Å². The quantitative estimate of drug-likeness (QED) is 0.492. The molecule has 5 heteroatoms. The summed E-state index contributed by atoms with van der Waals surface area (Å²) in [5.74, 6) is -0.718. The fourth-order valence-corrected chi connectivity index (χ4v) is 2.06. The van der Waals surface area contributed by atoms with Gasteiger partial charge in [-0.1, -0.05) is 0 Å². The molecule has 15 heavy (non-hydrogen) atoms. The van der Waals surface area contributed by atoms with Crippen molar-refractivity contribution in [1.82, 2.24) is 0 Å². The van der Waals surface area contributed by atoms with Gasteiger partial charge in [-0.25, -0.2) is 0 Å². The zero-order chi connectivity index (χ0) is 11.0. The fraction of sp³-hybridized carbons (Fsp3) is 0.800. The summed E-state index contributed by atoms with van der Waals surface area (Å²) in [6.07, 6.45) is 0.882. The smallest absolute Gasteiger partial charge is 0.303 e. The van der Waals surface area contributed by atoms with Crippen LogP contribution < -0.4 is 0 Å². The van der Waals surface area contributed by atoms with Crippen molar-refractivity contribution in [3.05, 3.63) is 0 Å². The van der Waals surface area contributed by atoms with E-state index in [0.29, 0.717) is 6.42 Å². The number of fused-ring (bicyclic) bond motifs is 1. The Morgan fingerprint density at radius 3 is 2.40 bits per heavy atom. The normalized spacial score (nSPS) is 37.7. The molecule has 0 aromatic heterocycles. The summed E-state index contributed by atoms with van der Waals surface area (Å²) < 4.78 is 15.6. The van der Waals surface area contributed by atoms with E-state index in [0.717, 1.165) is 6.42 Å². The minimum absolute atomic E-state index is 0.0769. The van der Waals surface area contributed by atoms with Crippen LogP contribution in [-0.2, 0) is 23.8 Å². The number of carbonyl (C=O) groups is 2. The Hall–Kier alpha value is -1.10. The van der Waals surface area contributed by atoms with E-state index in [4.69, 9.17) is 14.2 Å². The molecule has 0 N–H and O–H groups in total. The monoisotopic (exact) mass is 214 g/mol. The Kier molecular flexibility index (Phi) is 2.65. The molecule has 5 nitrogen and oxygen atoms in total. The molecular formula is C10H14O5. The van der Waals surface area contributed by atoms with Gasteiger partial charge in [-0.2, -0.15) is 0 Å². The van der Waals surface area contributed by atoms with Crippen molar-refractivity contribution in [2.75, 3.05) is 0 Å². The third-order valence-electron chi connectivity index (χ3n) is 2.67. The van der Waals surface area contributed by atoms with Crippen LogP contribution in [0.2, 0.25) is 0 Å². The zero-order valence-corrected chi connectivity index (χ0v) is 8.76. The lowest BCUT2D eigenvalue weighted by atomic mass is 9.94. The Morgan fingerprint density at radius 1 is 1.13 bits per heavy atom. The molecule has 2 aliphatic rings. The maximum Gasteiger partial charge on any atom is 0.303 e. The maximum atomic E-state index is 10.9. The summed E-state index contributed by atoms with van der Waals surface area (Å²) in [5.41, 5.74) is 0. The van der Waals surface area contributed by atoms with Crippen LogP contribution in [0.4, 0.5) is 0 Å². The van der Waals surface area contributed by atoms with E-state index in [-0.39, 0.29) is 30.3 Å². The summed E-state index contributed by atoms with van der Waals surface area (Å²) in [6, 6.07) is 0. The molecule has 1 aliphatic heterocycles. The number of hydrogen-bond donors (Lipinski definition) is 0. The second-order valence-corrected chi connectivity index (χ2v) is 3.94. The molecule has 1 aliphatic carbocycles. The third-order valence-corrected chi connectivity index (χ3v) is 2.67. The summed E-state index contributed by atoms with van der Waals surface area (Å²) in [6.45, 7) is 2.70. The summed E-state index contributed by atoms with van der Waals surface area (Å²) in [4.78, 5) is 21.7. The van der Waals surface area contributed by atoms with Crippen molar-refractivity contribution in [3.8, 4) is 0 Å². The topological polar surface area (TPSA) is 65.1 Å². The fourth-order valence-electron chi connectivity index (χ4n) is 2.06.